The molecule has 2 rings (SSSR count). The average molecular weight is 271 g/mol. The van der Waals surface area contributed by atoms with E-state index in [2.05, 4.69) is 11.8 Å². The van der Waals surface area contributed by atoms with Gasteiger partial charge < -0.3 is 5.11 Å². The van der Waals surface area contributed by atoms with Gasteiger partial charge in [-0.2, -0.15) is 11.8 Å². The van der Waals surface area contributed by atoms with Crippen LogP contribution in [0.5, 0.6) is 0 Å². The molecule has 4 heteroatoms. The van der Waals surface area contributed by atoms with Gasteiger partial charge in [-0.25, -0.2) is 0 Å². The molecule has 1 aliphatic carbocycles. The molecule has 3 unspecified atom stereocenters. The second-order valence-electron chi connectivity index (χ2n) is 5.96. The van der Waals surface area contributed by atoms with E-state index >= 15 is 0 Å². The van der Waals surface area contributed by atoms with Crippen molar-refractivity contribution in [1.82, 2.24) is 4.90 Å². The maximum absolute atomic E-state index is 10.9. The first-order valence-corrected chi connectivity index (χ1v) is 8.34. The summed E-state index contributed by atoms with van der Waals surface area (Å²) in [5, 5.41) is 9.00. The fourth-order valence-electron chi connectivity index (χ4n) is 3.38. The van der Waals surface area contributed by atoms with Crippen LogP contribution in [-0.4, -0.2) is 46.6 Å². The predicted octanol–water partition coefficient (Wildman–Crippen LogP) is 2.70. The molecule has 0 radical (unpaired) electrons. The summed E-state index contributed by atoms with van der Waals surface area (Å²) in [7, 11) is 0. The van der Waals surface area contributed by atoms with Crippen LogP contribution in [0.2, 0.25) is 0 Å². The van der Waals surface area contributed by atoms with E-state index in [1.807, 2.05) is 11.8 Å². The largest absolute Gasteiger partial charge is 0.481 e. The lowest BCUT2D eigenvalue weighted by molar-refractivity contribution is -0.138. The normalized spacial score (nSPS) is 34.4. The lowest BCUT2D eigenvalue weighted by atomic mass is 9.82. The number of carboxylic acids is 1. The zero-order valence-electron chi connectivity index (χ0n) is 11.3. The molecule has 0 aromatic rings. The zero-order chi connectivity index (χ0) is 13.0. The Labute approximate surface area is 114 Å². The molecule has 2 fully saturated rings. The van der Waals surface area contributed by atoms with E-state index in [0.717, 1.165) is 30.7 Å². The Hall–Kier alpha value is -0.220. The van der Waals surface area contributed by atoms with Crippen molar-refractivity contribution in [2.75, 3.05) is 24.6 Å². The molecule has 0 aromatic heterocycles. The fraction of sp³-hybridized carbons (Fsp3) is 0.929. The molecule has 0 aromatic carbocycles. The summed E-state index contributed by atoms with van der Waals surface area (Å²) in [4.78, 5) is 13.4. The van der Waals surface area contributed by atoms with Crippen molar-refractivity contribution in [2.24, 2.45) is 11.8 Å². The van der Waals surface area contributed by atoms with Gasteiger partial charge in [0.05, 0.1) is 6.42 Å². The molecule has 3 nitrogen and oxygen atoms in total. The number of carbonyl (C=O) groups is 1. The van der Waals surface area contributed by atoms with Crippen LogP contribution in [0.25, 0.3) is 0 Å². The number of aliphatic carboxylic acids is 1. The van der Waals surface area contributed by atoms with Gasteiger partial charge in [0.15, 0.2) is 0 Å². The van der Waals surface area contributed by atoms with Crippen molar-refractivity contribution in [1.29, 1.82) is 0 Å². The minimum atomic E-state index is -0.649. The minimum absolute atomic E-state index is 0.262. The molecule has 1 N–H and O–H groups in total. The molecule has 0 bridgehead atoms. The van der Waals surface area contributed by atoms with Gasteiger partial charge in [-0.3, -0.25) is 9.69 Å². The third-order valence-electron chi connectivity index (χ3n) is 4.30. The Morgan fingerprint density at radius 3 is 3.00 bits per heavy atom. The summed E-state index contributed by atoms with van der Waals surface area (Å²) in [5.41, 5.74) is 0. The Morgan fingerprint density at radius 1 is 1.44 bits per heavy atom. The molecule has 0 spiro atoms. The molecule has 104 valence electrons. The highest BCUT2D eigenvalue weighted by Gasteiger charge is 2.28. The Bertz CT molecular complexity index is 285. The van der Waals surface area contributed by atoms with Crippen LogP contribution >= 0.6 is 11.8 Å². The van der Waals surface area contributed by atoms with Crippen LogP contribution in [-0.2, 0) is 4.79 Å². The Kier molecular flexibility index (Phi) is 5.37. The molecule has 2 aliphatic rings. The van der Waals surface area contributed by atoms with Gasteiger partial charge in [-0.05, 0) is 24.7 Å². The summed E-state index contributed by atoms with van der Waals surface area (Å²) in [6, 6.07) is 0.262. The molecular weight excluding hydrogens is 246 g/mol. The van der Waals surface area contributed by atoms with E-state index in [0.29, 0.717) is 6.42 Å². The Morgan fingerprint density at radius 2 is 2.28 bits per heavy atom. The van der Waals surface area contributed by atoms with Crippen molar-refractivity contribution in [3.8, 4) is 0 Å². The van der Waals surface area contributed by atoms with E-state index in [4.69, 9.17) is 5.11 Å². The third kappa shape index (κ3) is 4.16. The van der Waals surface area contributed by atoms with E-state index in [9.17, 15) is 4.79 Å². The molecule has 0 amide bonds. The lowest BCUT2D eigenvalue weighted by Gasteiger charge is -2.38. The molecule has 1 saturated carbocycles. The first-order chi connectivity index (χ1) is 8.65. The van der Waals surface area contributed by atoms with Crippen LogP contribution < -0.4 is 0 Å². The van der Waals surface area contributed by atoms with Crippen LogP contribution in [0.15, 0.2) is 0 Å². The van der Waals surface area contributed by atoms with Crippen molar-refractivity contribution in [3.05, 3.63) is 0 Å². The highest BCUT2D eigenvalue weighted by Crippen LogP contribution is 2.30. The van der Waals surface area contributed by atoms with Gasteiger partial charge >= 0.3 is 5.97 Å². The van der Waals surface area contributed by atoms with Gasteiger partial charge in [-0.1, -0.05) is 19.8 Å². The summed E-state index contributed by atoms with van der Waals surface area (Å²) in [5.74, 6) is 3.17. The molecule has 18 heavy (non-hydrogen) atoms. The van der Waals surface area contributed by atoms with Crippen LogP contribution in [0.4, 0.5) is 0 Å². The average Bonchev–Trinajstić information content (AvgIpc) is 2.31. The maximum Gasteiger partial charge on any atom is 0.304 e. The topological polar surface area (TPSA) is 40.5 Å². The SMILES string of the molecule is CC1CCCC(CN2CCSCC2CC(=O)O)C1. The van der Waals surface area contributed by atoms with E-state index in [1.165, 1.54) is 31.4 Å². The highest BCUT2D eigenvalue weighted by molar-refractivity contribution is 7.99. The fourth-order valence-corrected chi connectivity index (χ4v) is 4.51. The summed E-state index contributed by atoms with van der Waals surface area (Å²) in [6.07, 6.45) is 5.73. The summed E-state index contributed by atoms with van der Waals surface area (Å²) < 4.78 is 0. The van der Waals surface area contributed by atoms with Crippen molar-refractivity contribution < 1.29 is 9.90 Å². The first-order valence-electron chi connectivity index (χ1n) is 7.18. The van der Waals surface area contributed by atoms with Gasteiger partial charge in [0, 0.05) is 30.6 Å². The van der Waals surface area contributed by atoms with Crippen LogP contribution in [0, 0.1) is 11.8 Å². The number of rotatable bonds is 4. The number of nitrogens with zero attached hydrogens (tertiary/aromatic N) is 1. The monoisotopic (exact) mass is 271 g/mol. The second kappa shape index (κ2) is 6.80. The van der Waals surface area contributed by atoms with Gasteiger partial charge in [0.2, 0.25) is 0 Å². The number of thioether (sulfide) groups is 1. The third-order valence-corrected chi connectivity index (χ3v) is 5.39. The van der Waals surface area contributed by atoms with Gasteiger partial charge in [0.25, 0.3) is 0 Å². The lowest BCUT2D eigenvalue weighted by Crippen LogP contribution is -2.46. The van der Waals surface area contributed by atoms with Crippen molar-refractivity contribution in [2.45, 2.75) is 45.1 Å². The number of hydrogen-bond acceptors (Lipinski definition) is 3. The predicted molar refractivity (Wildman–Crippen MR) is 76.1 cm³/mol. The second-order valence-corrected chi connectivity index (χ2v) is 7.11. The molecule has 3 atom stereocenters. The standard InChI is InChI=1S/C14H25NO2S/c1-11-3-2-4-12(7-11)9-15-5-6-18-10-13(15)8-14(16)17/h11-13H,2-10H2,1H3,(H,16,17). The van der Waals surface area contributed by atoms with Gasteiger partial charge in [-0.15, -0.1) is 0 Å². The molecule has 1 aliphatic heterocycles. The molecular formula is C14H25NO2S. The van der Waals surface area contributed by atoms with E-state index < -0.39 is 5.97 Å². The van der Waals surface area contributed by atoms with E-state index in [1.54, 1.807) is 0 Å². The van der Waals surface area contributed by atoms with E-state index in [-0.39, 0.29) is 6.04 Å². The minimum Gasteiger partial charge on any atom is -0.481 e. The first kappa shape index (κ1) is 14.2. The molecule has 1 heterocycles. The Balaban J connectivity index is 1.86. The summed E-state index contributed by atoms with van der Waals surface area (Å²) in [6.45, 7) is 4.56. The van der Waals surface area contributed by atoms with Crippen molar-refractivity contribution in [3.63, 3.8) is 0 Å². The highest BCUT2D eigenvalue weighted by atomic mass is 32.2. The van der Waals surface area contributed by atoms with Crippen molar-refractivity contribution >= 4 is 17.7 Å². The van der Waals surface area contributed by atoms with Crippen LogP contribution in [0.1, 0.15) is 39.0 Å². The maximum atomic E-state index is 10.9. The van der Waals surface area contributed by atoms with Gasteiger partial charge in [0.1, 0.15) is 0 Å². The summed E-state index contributed by atoms with van der Waals surface area (Å²) >= 11 is 1.91. The van der Waals surface area contributed by atoms with Crippen LogP contribution in [0.3, 0.4) is 0 Å². The zero-order valence-corrected chi connectivity index (χ0v) is 12.1. The number of hydrogen-bond donors (Lipinski definition) is 1. The smallest absolute Gasteiger partial charge is 0.304 e. The number of carboxylic acid groups (broad SMARTS) is 1. The molecule has 1 saturated heterocycles. The quantitative estimate of drug-likeness (QED) is 0.853.